The van der Waals surface area contributed by atoms with E-state index < -0.39 is 17.9 Å². The molecule has 3 fully saturated rings. The number of allylic oxidation sites excluding steroid dienone is 2. The first-order valence-corrected chi connectivity index (χ1v) is 13.1. The van der Waals surface area contributed by atoms with Crippen LogP contribution in [0.2, 0.25) is 0 Å². The Morgan fingerprint density at radius 2 is 1.57 bits per heavy atom. The third-order valence-corrected chi connectivity index (χ3v) is 8.41. The molecule has 7 atom stereocenters. The van der Waals surface area contributed by atoms with Gasteiger partial charge in [-0.05, 0) is 66.3 Å². The molecule has 5 aliphatic rings. The number of carbonyl (C=O) groups is 4. The summed E-state index contributed by atoms with van der Waals surface area (Å²) in [6.07, 6.45) is 6.33. The van der Waals surface area contributed by atoms with Crippen LogP contribution in [0.25, 0.3) is 0 Å². The second-order valence-corrected chi connectivity index (χ2v) is 10.6. The smallest absolute Gasteiger partial charge is 0.338 e. The van der Waals surface area contributed by atoms with Crippen LogP contribution in [0.5, 0.6) is 0 Å². The van der Waals surface area contributed by atoms with Crippen molar-refractivity contribution in [3.05, 3.63) is 77.9 Å². The molecule has 7 rings (SSSR count). The lowest BCUT2D eigenvalue weighted by Crippen LogP contribution is -2.49. The topological polar surface area (TPSA) is 92.8 Å². The Bertz CT molecular complexity index is 1230. The van der Waals surface area contributed by atoms with Gasteiger partial charge in [0.25, 0.3) is 0 Å². The molecule has 0 aromatic heterocycles. The van der Waals surface area contributed by atoms with E-state index in [2.05, 4.69) is 17.5 Å². The summed E-state index contributed by atoms with van der Waals surface area (Å²) in [5.41, 5.74) is 1.74. The molecular weight excluding hydrogens is 468 g/mol. The number of hydrogen-bond acceptors (Lipinski definition) is 5. The molecule has 3 amide bonds. The van der Waals surface area contributed by atoms with Crippen molar-refractivity contribution >= 4 is 29.4 Å². The SMILES string of the molecule is CCCOC(=O)c1ccc(NC(=O)[C@H](Cc2ccccc2)N2C(=O)[C@@H]3[C@@H]4C=C[C@H]([C@H]5C[C@H]45)[C@@H]3C2=O)cc1. The molecule has 1 heterocycles. The maximum atomic E-state index is 13.7. The second kappa shape index (κ2) is 9.29. The van der Waals surface area contributed by atoms with Crippen LogP contribution in [0, 0.1) is 35.5 Å². The average molecular weight is 499 g/mol. The molecule has 2 aromatic carbocycles. The number of rotatable bonds is 8. The maximum Gasteiger partial charge on any atom is 0.338 e. The lowest BCUT2D eigenvalue weighted by Gasteiger charge is -2.37. The van der Waals surface area contributed by atoms with E-state index in [9.17, 15) is 19.2 Å². The highest BCUT2D eigenvalue weighted by Gasteiger charge is 2.67. The van der Waals surface area contributed by atoms with Crippen LogP contribution in [-0.2, 0) is 25.5 Å². The van der Waals surface area contributed by atoms with Gasteiger partial charge in [-0.15, -0.1) is 0 Å². The van der Waals surface area contributed by atoms with Gasteiger partial charge in [0.15, 0.2) is 0 Å². The number of nitrogens with one attached hydrogen (secondary N) is 1. The summed E-state index contributed by atoms with van der Waals surface area (Å²) in [7, 11) is 0. The van der Waals surface area contributed by atoms with Crippen molar-refractivity contribution < 1.29 is 23.9 Å². The molecule has 0 radical (unpaired) electrons. The molecule has 4 aliphatic carbocycles. The van der Waals surface area contributed by atoms with E-state index in [0.717, 1.165) is 18.4 Å². The molecule has 1 aliphatic heterocycles. The third-order valence-electron chi connectivity index (χ3n) is 8.41. The lowest BCUT2D eigenvalue weighted by molar-refractivity contribution is -0.146. The number of imide groups is 1. The fourth-order valence-corrected chi connectivity index (χ4v) is 6.62. The quantitative estimate of drug-likeness (QED) is 0.339. The highest BCUT2D eigenvalue weighted by atomic mass is 16.5. The van der Waals surface area contributed by atoms with Gasteiger partial charge in [-0.2, -0.15) is 0 Å². The van der Waals surface area contributed by atoms with E-state index in [-0.39, 0.29) is 41.9 Å². The van der Waals surface area contributed by atoms with Crippen molar-refractivity contribution in [2.45, 2.75) is 32.2 Å². The van der Waals surface area contributed by atoms with E-state index >= 15 is 0 Å². The van der Waals surface area contributed by atoms with Crippen LogP contribution in [0.15, 0.2) is 66.7 Å². The zero-order valence-electron chi connectivity index (χ0n) is 20.7. The van der Waals surface area contributed by atoms with Gasteiger partial charge < -0.3 is 10.1 Å². The Hall–Kier alpha value is -3.74. The summed E-state index contributed by atoms with van der Waals surface area (Å²) >= 11 is 0. The summed E-state index contributed by atoms with van der Waals surface area (Å²) in [6, 6.07) is 14.9. The molecule has 2 aromatic rings. The van der Waals surface area contributed by atoms with Crippen LogP contribution in [0.1, 0.15) is 35.7 Å². The molecule has 0 unspecified atom stereocenters. The van der Waals surface area contributed by atoms with E-state index in [4.69, 9.17) is 4.74 Å². The number of hydrogen-bond donors (Lipinski definition) is 1. The molecular formula is C30H30N2O5. The van der Waals surface area contributed by atoms with Gasteiger partial charge in [-0.25, -0.2) is 4.79 Å². The van der Waals surface area contributed by atoms with Crippen molar-refractivity contribution in [2.75, 3.05) is 11.9 Å². The van der Waals surface area contributed by atoms with Gasteiger partial charge in [0.05, 0.1) is 24.0 Å². The molecule has 0 spiro atoms. The predicted molar refractivity (Wildman–Crippen MR) is 136 cm³/mol. The second-order valence-electron chi connectivity index (χ2n) is 10.6. The van der Waals surface area contributed by atoms with Crippen molar-refractivity contribution in [3.8, 4) is 0 Å². The monoisotopic (exact) mass is 498 g/mol. The van der Waals surface area contributed by atoms with E-state index in [1.807, 2.05) is 37.3 Å². The Morgan fingerprint density at radius 3 is 2.16 bits per heavy atom. The normalized spacial score (nSPS) is 29.5. The van der Waals surface area contributed by atoms with Crippen LogP contribution < -0.4 is 5.32 Å². The fourth-order valence-electron chi connectivity index (χ4n) is 6.62. The zero-order valence-corrected chi connectivity index (χ0v) is 20.7. The van der Waals surface area contributed by atoms with Gasteiger partial charge in [0.2, 0.25) is 17.7 Å². The Balaban J connectivity index is 1.25. The minimum Gasteiger partial charge on any atom is -0.462 e. The van der Waals surface area contributed by atoms with Gasteiger partial charge in [-0.1, -0.05) is 49.4 Å². The molecule has 190 valence electrons. The van der Waals surface area contributed by atoms with E-state index in [1.165, 1.54) is 4.90 Å². The largest absolute Gasteiger partial charge is 0.462 e. The number of benzene rings is 2. The molecule has 7 nitrogen and oxygen atoms in total. The van der Waals surface area contributed by atoms with Crippen molar-refractivity contribution in [3.63, 3.8) is 0 Å². The minimum atomic E-state index is -0.960. The minimum absolute atomic E-state index is 0.0990. The molecule has 2 saturated carbocycles. The number of carbonyl (C=O) groups excluding carboxylic acids is 4. The first-order chi connectivity index (χ1) is 18.0. The van der Waals surface area contributed by atoms with E-state index in [0.29, 0.717) is 29.7 Å². The van der Waals surface area contributed by atoms with Crippen LogP contribution in [0.3, 0.4) is 0 Å². The number of likely N-dealkylation sites (tertiary alicyclic amines) is 1. The molecule has 1 N–H and O–H groups in total. The Labute approximate surface area is 215 Å². The number of esters is 1. The number of amides is 3. The maximum absolute atomic E-state index is 13.7. The number of nitrogens with zero attached hydrogens (tertiary/aromatic N) is 1. The lowest BCUT2D eigenvalue weighted by atomic mass is 9.63. The zero-order chi connectivity index (χ0) is 25.7. The highest BCUT2D eigenvalue weighted by molar-refractivity contribution is 6.10. The fraction of sp³-hybridized carbons (Fsp3) is 0.400. The summed E-state index contributed by atoms with van der Waals surface area (Å²) < 4.78 is 5.16. The highest BCUT2D eigenvalue weighted by Crippen LogP contribution is 2.65. The van der Waals surface area contributed by atoms with E-state index in [1.54, 1.807) is 24.3 Å². The number of anilines is 1. The predicted octanol–water partition coefficient (Wildman–Crippen LogP) is 3.86. The van der Waals surface area contributed by atoms with Crippen molar-refractivity contribution in [2.24, 2.45) is 35.5 Å². The Morgan fingerprint density at radius 1 is 0.946 bits per heavy atom. The van der Waals surface area contributed by atoms with Gasteiger partial charge in [0, 0.05) is 12.1 Å². The Kier molecular flexibility index (Phi) is 5.94. The summed E-state index contributed by atoms with van der Waals surface area (Å²) in [5.74, 6) is -0.793. The standard InChI is InChI=1S/C30H30N2O5/c1-2-14-37-30(36)18-8-10-19(11-9-18)31-27(33)24(15-17-6-4-3-5-7-17)32-28(34)25-20-12-13-21(23-16-22(20)23)26(25)29(32)35/h3-13,20-26H,2,14-16H2,1H3,(H,31,33)/t20-,21-,22-,23-,24+,25-,26+/m1/s1. The first kappa shape index (κ1) is 23.6. The average Bonchev–Trinajstić information content (AvgIpc) is 3.70. The van der Waals surface area contributed by atoms with Crippen LogP contribution in [-0.4, -0.2) is 41.2 Å². The van der Waals surface area contributed by atoms with Gasteiger partial charge in [-0.3, -0.25) is 19.3 Å². The molecule has 7 heteroatoms. The van der Waals surface area contributed by atoms with Crippen molar-refractivity contribution in [1.29, 1.82) is 0 Å². The summed E-state index contributed by atoms with van der Waals surface area (Å²) in [4.78, 5) is 54.5. The van der Waals surface area contributed by atoms with Crippen LogP contribution in [0.4, 0.5) is 5.69 Å². The summed E-state index contributed by atoms with van der Waals surface area (Å²) in [5, 5.41) is 2.87. The van der Waals surface area contributed by atoms with Crippen molar-refractivity contribution in [1.82, 2.24) is 4.90 Å². The number of ether oxygens (including phenoxy) is 1. The first-order valence-electron chi connectivity index (χ1n) is 13.1. The molecule has 37 heavy (non-hydrogen) atoms. The van der Waals surface area contributed by atoms with Gasteiger partial charge >= 0.3 is 5.97 Å². The van der Waals surface area contributed by atoms with Gasteiger partial charge in [0.1, 0.15) is 6.04 Å². The molecule has 2 bridgehead atoms. The summed E-state index contributed by atoms with van der Waals surface area (Å²) in [6.45, 7) is 2.27. The molecule has 1 saturated heterocycles. The third kappa shape index (κ3) is 4.06. The van der Waals surface area contributed by atoms with Crippen LogP contribution >= 0.6 is 0 Å².